The van der Waals surface area contributed by atoms with Crippen LogP contribution in [0, 0.1) is 0 Å². The number of hydrogen-bond donors (Lipinski definition) is 1. The van der Waals surface area contributed by atoms with Gasteiger partial charge < -0.3 is 10.1 Å². The van der Waals surface area contributed by atoms with Crippen molar-refractivity contribution in [1.29, 1.82) is 0 Å². The van der Waals surface area contributed by atoms with Gasteiger partial charge in [0.2, 0.25) is 0 Å². The first-order chi connectivity index (χ1) is 7.40. The Hall–Kier alpha value is -0.130. The third-order valence-electron chi connectivity index (χ3n) is 3.03. The zero-order valence-electron chi connectivity index (χ0n) is 10.4. The maximum atomic E-state index is 11.1. The average Bonchev–Trinajstić information content (AvgIpc) is 2.15. The molecule has 0 spiro atoms. The van der Waals surface area contributed by atoms with Crippen LogP contribution in [0.1, 0.15) is 32.6 Å². The van der Waals surface area contributed by atoms with E-state index in [-0.39, 0.29) is 11.8 Å². The molecule has 1 N–H and O–H groups in total. The first-order valence-corrected chi connectivity index (χ1v) is 7.93. The zero-order chi connectivity index (χ0) is 12.2. The molecule has 0 amide bonds. The van der Waals surface area contributed by atoms with Crippen molar-refractivity contribution in [3.8, 4) is 0 Å². The molecule has 96 valence electrons. The van der Waals surface area contributed by atoms with Crippen molar-refractivity contribution in [3.63, 3.8) is 0 Å². The zero-order valence-corrected chi connectivity index (χ0v) is 11.2. The number of rotatable bonds is 5. The minimum absolute atomic E-state index is 0.0237. The fraction of sp³-hybridized carbons (Fsp3) is 1.00. The highest BCUT2D eigenvalue weighted by Gasteiger charge is 2.23. The van der Waals surface area contributed by atoms with E-state index in [0.717, 1.165) is 25.7 Å². The van der Waals surface area contributed by atoms with Crippen molar-refractivity contribution in [3.05, 3.63) is 0 Å². The van der Waals surface area contributed by atoms with E-state index in [2.05, 4.69) is 5.32 Å². The summed E-state index contributed by atoms with van der Waals surface area (Å²) in [6.45, 7) is 1.93. The van der Waals surface area contributed by atoms with E-state index in [9.17, 15) is 8.42 Å². The summed E-state index contributed by atoms with van der Waals surface area (Å²) in [5.74, 6) is 0.209. The Morgan fingerprint density at radius 3 is 2.69 bits per heavy atom. The first kappa shape index (κ1) is 13.9. The quantitative estimate of drug-likeness (QED) is 0.789. The molecule has 0 aliphatic heterocycles. The molecule has 0 heterocycles. The lowest BCUT2D eigenvalue weighted by Gasteiger charge is -2.31. The second kappa shape index (κ2) is 5.98. The first-order valence-electron chi connectivity index (χ1n) is 5.87. The van der Waals surface area contributed by atoms with Crippen LogP contribution in [0.4, 0.5) is 0 Å². The largest absolute Gasteiger partial charge is 0.381 e. The molecule has 0 aromatic heterocycles. The summed E-state index contributed by atoms with van der Waals surface area (Å²) in [6.07, 6.45) is 6.00. The number of ether oxygens (including phenoxy) is 1. The summed E-state index contributed by atoms with van der Waals surface area (Å²) in [6, 6.07) is 0.422. The predicted octanol–water partition coefficient (Wildman–Crippen LogP) is 0.967. The van der Waals surface area contributed by atoms with E-state index in [1.54, 1.807) is 7.11 Å². The van der Waals surface area contributed by atoms with Gasteiger partial charge in [-0.3, -0.25) is 0 Å². The number of methoxy groups -OCH3 is 1. The van der Waals surface area contributed by atoms with Gasteiger partial charge in [0.15, 0.2) is 0 Å². The lowest BCUT2D eigenvalue weighted by Crippen LogP contribution is -2.44. The van der Waals surface area contributed by atoms with Gasteiger partial charge in [-0.15, -0.1) is 0 Å². The van der Waals surface area contributed by atoms with Crippen molar-refractivity contribution >= 4 is 9.84 Å². The second-order valence-corrected chi connectivity index (χ2v) is 7.07. The summed E-state index contributed by atoms with van der Waals surface area (Å²) in [5.41, 5.74) is 0. The van der Waals surface area contributed by atoms with Crippen LogP contribution >= 0.6 is 0 Å². The van der Waals surface area contributed by atoms with Crippen molar-refractivity contribution in [2.45, 2.75) is 50.8 Å². The Labute approximate surface area is 98.7 Å². The molecule has 16 heavy (non-hydrogen) atoms. The maximum Gasteiger partial charge on any atom is 0.148 e. The fourth-order valence-electron chi connectivity index (χ4n) is 2.42. The van der Waals surface area contributed by atoms with Crippen LogP contribution in [0.15, 0.2) is 0 Å². The fourth-order valence-corrected chi connectivity index (χ4v) is 3.42. The minimum atomic E-state index is -2.89. The second-order valence-electron chi connectivity index (χ2n) is 4.88. The summed E-state index contributed by atoms with van der Waals surface area (Å²) in [5, 5.41) is 3.38. The van der Waals surface area contributed by atoms with Gasteiger partial charge in [0.05, 0.1) is 11.9 Å². The highest BCUT2D eigenvalue weighted by Crippen LogP contribution is 2.21. The Morgan fingerprint density at radius 2 is 2.12 bits per heavy atom. The molecule has 1 saturated carbocycles. The van der Waals surface area contributed by atoms with E-state index in [1.165, 1.54) is 6.26 Å². The molecule has 0 radical (unpaired) electrons. The van der Waals surface area contributed by atoms with Crippen LogP contribution in [-0.2, 0) is 14.6 Å². The third kappa shape index (κ3) is 5.27. The molecule has 0 aromatic rings. The van der Waals surface area contributed by atoms with Gasteiger partial charge >= 0.3 is 0 Å². The van der Waals surface area contributed by atoms with Crippen molar-refractivity contribution in [1.82, 2.24) is 5.32 Å². The molecule has 0 saturated heterocycles. The molecule has 5 heteroatoms. The van der Waals surface area contributed by atoms with E-state index >= 15 is 0 Å². The van der Waals surface area contributed by atoms with Crippen molar-refractivity contribution in [2.24, 2.45) is 0 Å². The van der Waals surface area contributed by atoms with Crippen LogP contribution in [0.25, 0.3) is 0 Å². The Morgan fingerprint density at radius 1 is 1.44 bits per heavy atom. The molecular formula is C11H23NO3S. The third-order valence-corrected chi connectivity index (χ3v) is 4.14. The molecule has 0 aromatic carbocycles. The molecule has 1 aliphatic rings. The lowest BCUT2D eigenvalue weighted by atomic mass is 9.92. The van der Waals surface area contributed by atoms with Crippen molar-refractivity contribution in [2.75, 3.05) is 19.1 Å². The van der Waals surface area contributed by atoms with Gasteiger partial charge in [-0.25, -0.2) is 8.42 Å². The molecule has 1 rings (SSSR count). The van der Waals surface area contributed by atoms with Crippen LogP contribution in [-0.4, -0.2) is 45.7 Å². The number of hydrogen-bond acceptors (Lipinski definition) is 4. The standard InChI is InChI=1S/C11H23NO3S/c1-9(8-16(3,13)14)12-10-5-4-6-11(7-10)15-2/h9-12H,4-8H2,1-3H3. The lowest BCUT2D eigenvalue weighted by molar-refractivity contribution is 0.0577. The van der Waals surface area contributed by atoms with Crippen LogP contribution in [0.5, 0.6) is 0 Å². The summed E-state index contributed by atoms with van der Waals surface area (Å²) in [7, 11) is -1.14. The normalized spacial score (nSPS) is 28.9. The van der Waals surface area contributed by atoms with E-state index in [0.29, 0.717) is 12.1 Å². The highest BCUT2D eigenvalue weighted by atomic mass is 32.2. The van der Waals surface area contributed by atoms with Crippen LogP contribution in [0.3, 0.4) is 0 Å². The van der Waals surface area contributed by atoms with E-state index in [4.69, 9.17) is 4.74 Å². The summed E-state index contributed by atoms with van der Waals surface area (Å²) in [4.78, 5) is 0. The van der Waals surface area contributed by atoms with Gasteiger partial charge in [0.1, 0.15) is 9.84 Å². The van der Waals surface area contributed by atoms with Crippen LogP contribution in [0.2, 0.25) is 0 Å². The van der Waals surface area contributed by atoms with E-state index in [1.807, 2.05) is 6.92 Å². The Kier molecular flexibility index (Phi) is 5.21. The molecule has 1 aliphatic carbocycles. The number of sulfone groups is 1. The maximum absolute atomic E-state index is 11.1. The molecule has 3 atom stereocenters. The molecule has 3 unspecified atom stereocenters. The Balaban J connectivity index is 2.36. The SMILES string of the molecule is COC1CCCC(NC(C)CS(C)(=O)=O)C1. The van der Waals surface area contributed by atoms with Gasteiger partial charge in [-0.2, -0.15) is 0 Å². The highest BCUT2D eigenvalue weighted by molar-refractivity contribution is 7.90. The van der Waals surface area contributed by atoms with Gasteiger partial charge in [-0.1, -0.05) is 0 Å². The van der Waals surface area contributed by atoms with Gasteiger partial charge in [0.25, 0.3) is 0 Å². The monoisotopic (exact) mass is 249 g/mol. The molecule has 0 bridgehead atoms. The minimum Gasteiger partial charge on any atom is -0.381 e. The molecular weight excluding hydrogens is 226 g/mol. The topological polar surface area (TPSA) is 55.4 Å². The predicted molar refractivity (Wildman–Crippen MR) is 65.4 cm³/mol. The Bertz CT molecular complexity index is 302. The van der Waals surface area contributed by atoms with Crippen LogP contribution < -0.4 is 5.32 Å². The smallest absolute Gasteiger partial charge is 0.148 e. The number of nitrogens with one attached hydrogen (secondary N) is 1. The summed E-state index contributed by atoms with van der Waals surface area (Å²) >= 11 is 0. The molecule has 4 nitrogen and oxygen atoms in total. The average molecular weight is 249 g/mol. The van der Waals surface area contributed by atoms with Gasteiger partial charge in [0, 0.05) is 25.4 Å². The summed E-state index contributed by atoms with van der Waals surface area (Å²) < 4.78 is 27.6. The van der Waals surface area contributed by atoms with E-state index < -0.39 is 9.84 Å². The van der Waals surface area contributed by atoms with Gasteiger partial charge in [-0.05, 0) is 32.6 Å². The molecule has 1 fully saturated rings. The van der Waals surface area contributed by atoms with Crippen molar-refractivity contribution < 1.29 is 13.2 Å².